The fourth-order valence-electron chi connectivity index (χ4n) is 0. The Morgan fingerprint density at radius 2 is 1.00 bits per heavy atom. The predicted octanol–water partition coefficient (Wildman–Crippen LogP) is -0.929. The molecule has 0 N–H and O–H groups in total. The SMILES string of the molecule is [Cd].[Cr].[Cu].[Mo].[PbH2].[Zn]. The summed E-state index contributed by atoms with van der Waals surface area (Å²) in [6.45, 7) is 0. The van der Waals surface area contributed by atoms with E-state index in [0.29, 0.717) is 0 Å². The zero-order chi connectivity index (χ0) is 0. The molecule has 0 aromatic heterocycles. The Balaban J connectivity index is 0. The Morgan fingerprint density at radius 1 is 1.00 bits per heavy atom. The third-order valence-corrected chi connectivity index (χ3v) is 0. The van der Waals surface area contributed by atoms with E-state index in [1.54, 1.807) is 0 Å². The van der Waals surface area contributed by atoms with E-state index in [1.807, 2.05) is 0 Å². The van der Waals surface area contributed by atoms with Crippen molar-refractivity contribution in [1.29, 1.82) is 0 Å². The maximum atomic E-state index is 0. The minimum atomic E-state index is 0. The van der Waals surface area contributed by atoms with Crippen molar-refractivity contribution in [2.24, 2.45) is 0 Å². The summed E-state index contributed by atoms with van der Waals surface area (Å²) >= 11 is 0. The minimum Gasteiger partial charge on any atom is 0 e. The van der Waals surface area contributed by atoms with Crippen molar-refractivity contribution in [1.82, 2.24) is 0 Å². The minimum absolute atomic E-state index is 0. The van der Waals surface area contributed by atoms with Crippen LogP contribution in [0.15, 0.2) is 0 Å². The first kappa shape index (κ1) is 48.9. The molecule has 0 amide bonds. The van der Waals surface area contributed by atoms with E-state index in [9.17, 15) is 0 Å². The maximum Gasteiger partial charge on any atom is 0 e. The third-order valence-electron chi connectivity index (χ3n) is 0. The molecule has 0 aromatic carbocycles. The smallest absolute Gasteiger partial charge is 0 e. The van der Waals surface area contributed by atoms with Gasteiger partial charge in [0.2, 0.25) is 0 Å². The van der Waals surface area contributed by atoms with E-state index in [-0.39, 0.29) is 130 Å². The van der Waals surface area contributed by atoms with Gasteiger partial charge < -0.3 is 0 Å². The van der Waals surface area contributed by atoms with Crippen LogP contribution in [0.5, 0.6) is 0 Å². The maximum absolute atomic E-state index is 0. The summed E-state index contributed by atoms with van der Waals surface area (Å²) in [4.78, 5) is 0. The number of rotatable bonds is 0. The van der Waals surface area contributed by atoms with E-state index in [2.05, 4.69) is 0 Å². The molecule has 0 aliphatic heterocycles. The largest absolute Gasteiger partial charge is 0 e. The summed E-state index contributed by atoms with van der Waals surface area (Å²) in [5.74, 6) is 0. The van der Waals surface area contributed by atoms with Gasteiger partial charge in [-0.3, -0.25) is 0 Å². The Morgan fingerprint density at radius 3 is 1.00 bits per heavy atom. The van der Waals surface area contributed by atoms with Crippen molar-refractivity contribution in [3.05, 3.63) is 0 Å². The quantitative estimate of drug-likeness (QED) is 0.317. The molecule has 0 heterocycles. The molecule has 0 nitrogen and oxygen atoms in total. The molecule has 6 heavy (non-hydrogen) atoms. The predicted molar refractivity (Wildman–Crippen MR) is 8.54 cm³/mol. The van der Waals surface area contributed by atoms with Crippen LogP contribution in [-0.4, -0.2) is 27.3 Å². The van der Waals surface area contributed by atoms with Crippen LogP contribution in [0.25, 0.3) is 0 Å². The first-order chi connectivity index (χ1) is 0. The average Bonchev–Trinajstić information content (AvgIpc) is 0. The fraction of sp³-hybridized carbons (Fsp3) is 0. The molecule has 0 saturated heterocycles. The van der Waals surface area contributed by atoms with Gasteiger partial charge in [-0.05, 0) is 0 Å². The van der Waals surface area contributed by atoms with E-state index in [1.165, 1.54) is 0 Å². The van der Waals surface area contributed by atoms with Gasteiger partial charge in [0.1, 0.15) is 0 Å². The van der Waals surface area contributed by atoms with Crippen molar-refractivity contribution >= 4 is 27.3 Å². The summed E-state index contributed by atoms with van der Waals surface area (Å²) in [7, 11) is 0. The molecule has 0 fully saturated rings. The van der Waals surface area contributed by atoms with E-state index in [0.717, 1.165) is 0 Å². The molecular weight excluding hydrogens is 596 g/mol. The second kappa shape index (κ2) is 35.0. The second-order valence-electron chi connectivity index (χ2n) is 0. The van der Waals surface area contributed by atoms with Gasteiger partial charge in [-0.2, -0.15) is 0 Å². The molecule has 0 bridgehead atoms. The van der Waals surface area contributed by atoms with Gasteiger partial charge in [-0.25, -0.2) is 0 Å². The summed E-state index contributed by atoms with van der Waals surface area (Å²) in [5, 5.41) is 0. The van der Waals surface area contributed by atoms with Gasteiger partial charge in [0, 0.05) is 102 Å². The van der Waals surface area contributed by atoms with Crippen molar-refractivity contribution in [2.45, 2.75) is 0 Å². The standard InChI is InChI=1S/Cd.Cr.Cu.Mo.Pb.Zn.2H. The first-order valence-electron chi connectivity index (χ1n) is 0. The Hall–Kier alpha value is 4.21. The summed E-state index contributed by atoms with van der Waals surface area (Å²) in [6, 6.07) is 0. The van der Waals surface area contributed by atoms with Crippen LogP contribution in [0.3, 0.4) is 0 Å². The Labute approximate surface area is 127 Å². The molecule has 0 rings (SSSR count). The molecule has 0 aliphatic rings. The molecule has 0 atom stereocenters. The molecular formula is H2CdCrCuMoPbZn. The van der Waals surface area contributed by atoms with Crippen LogP contribution in [0.2, 0.25) is 0 Å². The average molecular weight is 598 g/mol. The van der Waals surface area contributed by atoms with Crippen LogP contribution >= 0.6 is 0 Å². The zero-order valence-electron chi connectivity index (χ0n) is 3.24. The van der Waals surface area contributed by atoms with Gasteiger partial charge in [-0.15, -0.1) is 0 Å². The van der Waals surface area contributed by atoms with Crippen molar-refractivity contribution in [3.8, 4) is 0 Å². The van der Waals surface area contributed by atoms with E-state index in [4.69, 9.17) is 0 Å². The number of hydrogen-bond acceptors (Lipinski definition) is 0. The van der Waals surface area contributed by atoms with Gasteiger partial charge in [-0.1, -0.05) is 0 Å². The first-order valence-corrected chi connectivity index (χ1v) is 0. The normalized spacial score (nSPS) is 0. The fourth-order valence-corrected chi connectivity index (χ4v) is 0. The summed E-state index contributed by atoms with van der Waals surface area (Å²) in [5.41, 5.74) is 0. The van der Waals surface area contributed by atoms with Crippen LogP contribution < -0.4 is 0 Å². The van der Waals surface area contributed by atoms with Crippen LogP contribution in [0.4, 0.5) is 0 Å². The molecule has 0 aromatic rings. The zero-order valence-corrected chi connectivity index (χ0v) is 20.0. The summed E-state index contributed by atoms with van der Waals surface area (Å²) in [6.07, 6.45) is 0. The molecule has 33 valence electrons. The van der Waals surface area contributed by atoms with E-state index >= 15 is 0 Å². The molecule has 0 spiro atoms. The Bertz CT molecular complexity index is 15.5. The molecule has 0 aliphatic carbocycles. The second-order valence-corrected chi connectivity index (χ2v) is 0. The van der Waals surface area contributed by atoms with Crippen molar-refractivity contribution in [2.75, 3.05) is 0 Å². The Kier molecular flexibility index (Phi) is 285. The van der Waals surface area contributed by atoms with E-state index < -0.39 is 0 Å². The van der Waals surface area contributed by atoms with Crippen molar-refractivity contribution in [3.63, 3.8) is 0 Å². The number of hydrogen-bond donors (Lipinski definition) is 0. The van der Waals surface area contributed by atoms with Gasteiger partial charge in [0.05, 0.1) is 0 Å². The van der Waals surface area contributed by atoms with Crippen LogP contribution in [-0.2, 0) is 102 Å². The molecule has 6 heteroatoms. The van der Waals surface area contributed by atoms with Gasteiger partial charge >= 0.3 is 27.3 Å². The molecule has 0 unspecified atom stereocenters. The van der Waals surface area contributed by atoms with Crippen LogP contribution in [0.1, 0.15) is 0 Å². The third kappa shape index (κ3) is 24.1. The summed E-state index contributed by atoms with van der Waals surface area (Å²) < 4.78 is 0. The van der Waals surface area contributed by atoms with Crippen molar-refractivity contribution < 1.29 is 102 Å². The topological polar surface area (TPSA) is 0 Å². The molecule has 3 radical (unpaired) electrons. The van der Waals surface area contributed by atoms with Gasteiger partial charge in [0.15, 0.2) is 0 Å². The molecule has 0 saturated carbocycles. The van der Waals surface area contributed by atoms with Crippen LogP contribution in [0, 0.1) is 0 Å². The monoisotopic (exact) mass is 601 g/mol. The van der Waals surface area contributed by atoms with Gasteiger partial charge in [0.25, 0.3) is 0 Å².